The van der Waals surface area contributed by atoms with Crippen molar-refractivity contribution in [2.45, 2.75) is 13.5 Å². The van der Waals surface area contributed by atoms with Crippen molar-refractivity contribution in [3.63, 3.8) is 0 Å². The number of para-hydroxylation sites is 1. The van der Waals surface area contributed by atoms with Gasteiger partial charge in [-0.15, -0.1) is 11.3 Å². The Morgan fingerprint density at radius 1 is 1.22 bits per heavy atom. The molecule has 0 fully saturated rings. The quantitative estimate of drug-likeness (QED) is 0.737. The fourth-order valence-corrected chi connectivity index (χ4v) is 3.35. The normalized spacial score (nSPS) is 11.0. The molecule has 0 amide bonds. The molecule has 4 nitrogen and oxygen atoms in total. The molecule has 0 saturated heterocycles. The molecule has 92 valence electrons. The van der Waals surface area contributed by atoms with Crippen molar-refractivity contribution < 1.29 is 0 Å². The van der Waals surface area contributed by atoms with E-state index in [1.165, 1.54) is 16.2 Å². The van der Waals surface area contributed by atoms with Gasteiger partial charge in [0.15, 0.2) is 0 Å². The van der Waals surface area contributed by atoms with Crippen molar-refractivity contribution in [2.24, 2.45) is 0 Å². The number of benzene rings is 1. The molecule has 0 saturated carbocycles. The van der Waals surface area contributed by atoms with Crippen molar-refractivity contribution in [1.29, 1.82) is 0 Å². The molecule has 0 bridgehead atoms. The predicted octanol–water partition coefficient (Wildman–Crippen LogP) is 3.09. The number of aromatic nitrogens is 3. The Balaban J connectivity index is 1.83. The van der Waals surface area contributed by atoms with E-state index in [4.69, 9.17) is 0 Å². The van der Waals surface area contributed by atoms with Gasteiger partial charge in [-0.3, -0.25) is 0 Å². The molecule has 6 heteroatoms. The van der Waals surface area contributed by atoms with Crippen LogP contribution in [0.2, 0.25) is 0 Å². The van der Waals surface area contributed by atoms with Crippen LogP contribution in [0.25, 0.3) is 10.2 Å². The lowest BCUT2D eigenvalue weighted by Gasteiger charge is -2.12. The lowest BCUT2D eigenvalue weighted by atomic mass is 10.3. The first kappa shape index (κ1) is 11.6. The molecule has 2 heterocycles. The third-order valence-corrected chi connectivity index (χ3v) is 4.50. The summed E-state index contributed by atoms with van der Waals surface area (Å²) >= 11 is 3.16. The molecule has 0 aliphatic rings. The van der Waals surface area contributed by atoms with Gasteiger partial charge in [0.2, 0.25) is 5.13 Å². The van der Waals surface area contributed by atoms with Gasteiger partial charge in [-0.05, 0) is 19.1 Å². The summed E-state index contributed by atoms with van der Waals surface area (Å²) < 4.78 is 5.42. The molecular formula is C12H12N4S2. The van der Waals surface area contributed by atoms with E-state index < -0.39 is 0 Å². The van der Waals surface area contributed by atoms with Crippen LogP contribution in [0.5, 0.6) is 0 Å². The van der Waals surface area contributed by atoms with Gasteiger partial charge < -0.3 is 4.90 Å². The van der Waals surface area contributed by atoms with Gasteiger partial charge in [0.25, 0.3) is 0 Å². The number of aryl methyl sites for hydroxylation is 1. The third-order valence-electron chi connectivity index (χ3n) is 2.55. The van der Waals surface area contributed by atoms with Gasteiger partial charge in [0.1, 0.15) is 10.8 Å². The molecule has 0 aliphatic carbocycles. The first-order valence-electron chi connectivity index (χ1n) is 5.58. The summed E-state index contributed by atoms with van der Waals surface area (Å²) in [6.45, 7) is 2.68. The van der Waals surface area contributed by atoms with Crippen LogP contribution in [-0.2, 0) is 6.54 Å². The van der Waals surface area contributed by atoms with Crippen LogP contribution >= 0.6 is 22.9 Å². The minimum Gasteiger partial charge on any atom is -0.343 e. The number of nitrogens with zero attached hydrogens (tertiary/aromatic N) is 4. The molecule has 1 aromatic carbocycles. The fourth-order valence-electron chi connectivity index (χ4n) is 1.70. The third kappa shape index (κ3) is 2.21. The molecular weight excluding hydrogens is 264 g/mol. The minimum atomic E-state index is 0.772. The van der Waals surface area contributed by atoms with E-state index in [1.54, 1.807) is 11.3 Å². The van der Waals surface area contributed by atoms with E-state index in [0.29, 0.717) is 0 Å². The minimum absolute atomic E-state index is 0.772. The SMILES string of the molecule is Cc1nsc(N(C)Cc2nc3ccccc3s2)n1. The van der Waals surface area contributed by atoms with Gasteiger partial charge in [-0.1, -0.05) is 12.1 Å². The van der Waals surface area contributed by atoms with E-state index >= 15 is 0 Å². The maximum Gasteiger partial charge on any atom is 0.205 e. The highest BCUT2D eigenvalue weighted by Crippen LogP contribution is 2.24. The van der Waals surface area contributed by atoms with Gasteiger partial charge in [-0.25, -0.2) is 9.97 Å². The van der Waals surface area contributed by atoms with E-state index in [-0.39, 0.29) is 0 Å². The summed E-state index contributed by atoms with van der Waals surface area (Å²) in [5, 5.41) is 2.04. The topological polar surface area (TPSA) is 41.9 Å². The van der Waals surface area contributed by atoms with Crippen molar-refractivity contribution in [3.8, 4) is 0 Å². The number of hydrogen-bond acceptors (Lipinski definition) is 6. The van der Waals surface area contributed by atoms with Gasteiger partial charge in [-0.2, -0.15) is 4.37 Å². The number of hydrogen-bond donors (Lipinski definition) is 0. The Hall–Kier alpha value is -1.53. The first-order chi connectivity index (χ1) is 8.72. The summed E-state index contributed by atoms with van der Waals surface area (Å²) in [5.41, 5.74) is 1.07. The highest BCUT2D eigenvalue weighted by Gasteiger charge is 2.10. The summed E-state index contributed by atoms with van der Waals surface area (Å²) in [4.78, 5) is 11.1. The zero-order valence-corrected chi connectivity index (χ0v) is 11.8. The Morgan fingerprint density at radius 2 is 2.06 bits per heavy atom. The second-order valence-corrected chi connectivity index (χ2v) is 5.90. The van der Waals surface area contributed by atoms with Crippen LogP contribution in [-0.4, -0.2) is 21.4 Å². The zero-order chi connectivity index (χ0) is 12.5. The number of fused-ring (bicyclic) bond motifs is 1. The number of thiazole rings is 1. The fraction of sp³-hybridized carbons (Fsp3) is 0.250. The molecule has 0 N–H and O–H groups in total. The maximum atomic E-state index is 4.62. The van der Waals surface area contributed by atoms with Crippen molar-refractivity contribution in [3.05, 3.63) is 35.1 Å². The second kappa shape index (κ2) is 4.62. The monoisotopic (exact) mass is 276 g/mol. The Bertz CT molecular complexity index is 640. The summed E-state index contributed by atoms with van der Waals surface area (Å²) in [6, 6.07) is 8.21. The Labute approximate surface area is 113 Å². The molecule has 3 rings (SSSR count). The standard InChI is InChI=1S/C12H12N4S2/c1-8-13-12(18-15-8)16(2)7-11-14-9-5-3-4-6-10(9)17-11/h3-6H,7H2,1-2H3. The van der Waals surface area contributed by atoms with Crippen LogP contribution in [0.4, 0.5) is 5.13 Å². The molecule has 18 heavy (non-hydrogen) atoms. The Morgan fingerprint density at radius 3 is 2.78 bits per heavy atom. The highest BCUT2D eigenvalue weighted by molar-refractivity contribution is 7.18. The van der Waals surface area contributed by atoms with Crippen LogP contribution in [0.3, 0.4) is 0 Å². The largest absolute Gasteiger partial charge is 0.343 e. The maximum absolute atomic E-state index is 4.62. The second-order valence-electron chi connectivity index (χ2n) is 4.06. The summed E-state index contributed by atoms with van der Waals surface area (Å²) in [6.07, 6.45) is 0. The molecule has 0 unspecified atom stereocenters. The molecule has 0 spiro atoms. The lowest BCUT2D eigenvalue weighted by Crippen LogP contribution is -2.15. The van der Waals surface area contributed by atoms with Crippen LogP contribution < -0.4 is 4.90 Å². The molecule has 2 aromatic heterocycles. The van der Waals surface area contributed by atoms with Gasteiger partial charge >= 0.3 is 0 Å². The van der Waals surface area contributed by atoms with Gasteiger partial charge in [0, 0.05) is 18.6 Å². The van der Waals surface area contributed by atoms with E-state index in [0.717, 1.165) is 28.0 Å². The molecule has 3 aromatic rings. The average molecular weight is 276 g/mol. The Kier molecular flexibility index (Phi) is 2.97. The van der Waals surface area contributed by atoms with Crippen molar-refractivity contribution in [1.82, 2.24) is 14.3 Å². The van der Waals surface area contributed by atoms with Crippen LogP contribution in [0.15, 0.2) is 24.3 Å². The van der Waals surface area contributed by atoms with E-state index in [1.807, 2.05) is 32.2 Å². The van der Waals surface area contributed by atoms with Crippen LogP contribution in [0, 0.1) is 6.92 Å². The summed E-state index contributed by atoms with van der Waals surface area (Å²) in [5.74, 6) is 0.825. The van der Waals surface area contributed by atoms with Crippen LogP contribution in [0.1, 0.15) is 10.8 Å². The van der Waals surface area contributed by atoms with E-state index in [9.17, 15) is 0 Å². The highest BCUT2D eigenvalue weighted by atomic mass is 32.1. The lowest BCUT2D eigenvalue weighted by molar-refractivity contribution is 0.902. The number of rotatable bonds is 3. The van der Waals surface area contributed by atoms with E-state index in [2.05, 4.69) is 25.3 Å². The van der Waals surface area contributed by atoms with Gasteiger partial charge in [0.05, 0.1) is 16.8 Å². The first-order valence-corrected chi connectivity index (χ1v) is 7.17. The molecule has 0 aliphatic heterocycles. The predicted molar refractivity (Wildman–Crippen MR) is 76.4 cm³/mol. The van der Waals surface area contributed by atoms with Crippen molar-refractivity contribution >= 4 is 38.2 Å². The number of anilines is 1. The summed E-state index contributed by atoms with van der Waals surface area (Å²) in [7, 11) is 2.02. The molecule has 0 atom stereocenters. The average Bonchev–Trinajstić information content (AvgIpc) is 2.94. The molecule has 0 radical (unpaired) electrons. The van der Waals surface area contributed by atoms with Crippen molar-refractivity contribution in [2.75, 3.05) is 11.9 Å². The smallest absolute Gasteiger partial charge is 0.205 e. The zero-order valence-electron chi connectivity index (χ0n) is 10.1.